The number of nitrogens with zero attached hydrogens (tertiary/aromatic N) is 2. The van der Waals surface area contributed by atoms with Crippen molar-refractivity contribution >= 4 is 28.6 Å². The summed E-state index contributed by atoms with van der Waals surface area (Å²) in [6.45, 7) is 10.7. The predicted molar refractivity (Wildman–Crippen MR) is 133 cm³/mol. The summed E-state index contributed by atoms with van der Waals surface area (Å²) >= 11 is 0. The first kappa shape index (κ1) is 23.1. The minimum Gasteiger partial charge on any atom is -0.491 e. The number of rotatable bonds is 6. The first-order chi connectivity index (χ1) is 15.7. The zero-order chi connectivity index (χ0) is 23.8. The van der Waals surface area contributed by atoms with Gasteiger partial charge in [-0.05, 0) is 87.4 Å². The molecule has 33 heavy (non-hydrogen) atoms. The second-order valence-electron chi connectivity index (χ2n) is 10.2. The van der Waals surface area contributed by atoms with E-state index < -0.39 is 0 Å². The Morgan fingerprint density at radius 1 is 1.21 bits per heavy atom. The molecule has 1 fully saturated rings. The molecule has 1 aliphatic carbocycles. The lowest BCUT2D eigenvalue weighted by molar-refractivity contribution is 0.0600. The number of anilines is 2. The molecule has 1 aromatic heterocycles. The minimum absolute atomic E-state index is 0.134. The first-order valence-electron chi connectivity index (χ1n) is 11.8. The van der Waals surface area contributed by atoms with Gasteiger partial charge < -0.3 is 19.4 Å². The molecule has 6 heteroatoms. The highest BCUT2D eigenvalue weighted by Crippen LogP contribution is 2.44. The number of benzene rings is 2. The van der Waals surface area contributed by atoms with Gasteiger partial charge in [0, 0.05) is 11.7 Å². The Morgan fingerprint density at radius 3 is 2.58 bits per heavy atom. The van der Waals surface area contributed by atoms with Gasteiger partial charge in [-0.1, -0.05) is 20.3 Å². The van der Waals surface area contributed by atoms with E-state index in [1.165, 1.54) is 20.0 Å². The third-order valence-electron chi connectivity index (χ3n) is 6.47. The molecule has 1 aliphatic rings. The lowest BCUT2D eigenvalue weighted by Gasteiger charge is -2.36. The standard InChI is InChI=1S/C27H35N3O3/c1-17(2)33-21-11-9-19(10-12-21)28-26-29-23-15-22(25(31)32-6)18(3)14-24(23)30(26)20-8-7-13-27(4,5)16-20/h9-12,14-15,17,20H,7-8,13,16H2,1-6H3,(H,28,29)/t20-/m0/s1. The molecular weight excluding hydrogens is 414 g/mol. The average molecular weight is 450 g/mol. The number of esters is 1. The zero-order valence-electron chi connectivity index (χ0n) is 20.6. The highest BCUT2D eigenvalue weighted by Gasteiger charge is 2.31. The van der Waals surface area contributed by atoms with Gasteiger partial charge in [0.05, 0.1) is 29.8 Å². The molecule has 1 N–H and O–H groups in total. The highest BCUT2D eigenvalue weighted by atomic mass is 16.5. The van der Waals surface area contributed by atoms with Crippen molar-refractivity contribution in [3.05, 3.63) is 47.5 Å². The lowest BCUT2D eigenvalue weighted by Crippen LogP contribution is -2.25. The Balaban J connectivity index is 1.77. The van der Waals surface area contributed by atoms with Crippen molar-refractivity contribution in [3.8, 4) is 5.75 Å². The smallest absolute Gasteiger partial charge is 0.338 e. The van der Waals surface area contributed by atoms with Crippen LogP contribution in [-0.4, -0.2) is 28.7 Å². The van der Waals surface area contributed by atoms with Gasteiger partial charge in [0.1, 0.15) is 5.75 Å². The Kier molecular flexibility index (Phi) is 6.37. The predicted octanol–water partition coefficient (Wildman–Crippen LogP) is 6.80. The van der Waals surface area contributed by atoms with Gasteiger partial charge >= 0.3 is 5.97 Å². The third-order valence-corrected chi connectivity index (χ3v) is 6.47. The lowest BCUT2D eigenvalue weighted by atomic mass is 9.75. The molecule has 4 rings (SSSR count). The number of fused-ring (bicyclic) bond motifs is 1. The van der Waals surface area contributed by atoms with Crippen LogP contribution in [0.25, 0.3) is 11.0 Å². The second kappa shape index (κ2) is 9.08. The number of carbonyl (C=O) groups is 1. The van der Waals surface area contributed by atoms with Crippen molar-refractivity contribution in [2.75, 3.05) is 12.4 Å². The van der Waals surface area contributed by atoms with Crippen molar-refractivity contribution in [1.82, 2.24) is 9.55 Å². The van der Waals surface area contributed by atoms with Crippen molar-refractivity contribution in [3.63, 3.8) is 0 Å². The van der Waals surface area contributed by atoms with E-state index in [9.17, 15) is 4.79 Å². The summed E-state index contributed by atoms with van der Waals surface area (Å²) in [7, 11) is 1.41. The topological polar surface area (TPSA) is 65.4 Å². The molecule has 3 aromatic rings. The van der Waals surface area contributed by atoms with Crippen LogP contribution < -0.4 is 10.1 Å². The Bertz CT molecular complexity index is 1150. The van der Waals surface area contributed by atoms with Crippen LogP contribution in [-0.2, 0) is 4.74 Å². The number of ether oxygens (including phenoxy) is 2. The normalized spacial score (nSPS) is 17.8. The molecule has 0 bridgehead atoms. The molecule has 1 saturated carbocycles. The van der Waals surface area contributed by atoms with E-state index in [2.05, 4.69) is 29.8 Å². The summed E-state index contributed by atoms with van der Waals surface area (Å²) in [6.07, 6.45) is 4.77. The summed E-state index contributed by atoms with van der Waals surface area (Å²) in [4.78, 5) is 17.2. The molecule has 0 radical (unpaired) electrons. The summed E-state index contributed by atoms with van der Waals surface area (Å²) < 4.78 is 13.1. The largest absolute Gasteiger partial charge is 0.491 e. The van der Waals surface area contributed by atoms with Gasteiger partial charge in [-0.25, -0.2) is 9.78 Å². The fraction of sp³-hybridized carbons (Fsp3) is 0.481. The van der Waals surface area contributed by atoms with E-state index in [-0.39, 0.29) is 17.5 Å². The van der Waals surface area contributed by atoms with E-state index >= 15 is 0 Å². The molecule has 2 aromatic carbocycles. The molecule has 1 heterocycles. The third kappa shape index (κ3) is 5.00. The molecule has 0 spiro atoms. The van der Waals surface area contributed by atoms with Gasteiger partial charge in [-0.15, -0.1) is 0 Å². The monoisotopic (exact) mass is 449 g/mol. The fourth-order valence-corrected chi connectivity index (χ4v) is 4.93. The maximum Gasteiger partial charge on any atom is 0.338 e. The molecule has 0 aliphatic heterocycles. The summed E-state index contributed by atoms with van der Waals surface area (Å²) in [5.41, 5.74) is 4.53. The number of aromatic nitrogens is 2. The molecule has 0 amide bonds. The van der Waals surface area contributed by atoms with E-state index in [4.69, 9.17) is 14.5 Å². The molecule has 0 unspecified atom stereocenters. The van der Waals surface area contributed by atoms with Crippen LogP contribution in [0.3, 0.4) is 0 Å². The number of hydrogen-bond donors (Lipinski definition) is 1. The second-order valence-corrected chi connectivity index (χ2v) is 10.2. The van der Waals surface area contributed by atoms with Crippen LogP contribution in [0.2, 0.25) is 0 Å². The van der Waals surface area contributed by atoms with Crippen LogP contribution in [0.15, 0.2) is 36.4 Å². The summed E-state index contributed by atoms with van der Waals surface area (Å²) in [5, 5.41) is 3.53. The zero-order valence-corrected chi connectivity index (χ0v) is 20.6. The van der Waals surface area contributed by atoms with Gasteiger partial charge in [-0.3, -0.25) is 0 Å². The maximum absolute atomic E-state index is 12.3. The summed E-state index contributed by atoms with van der Waals surface area (Å²) in [6, 6.07) is 12.2. The Hall–Kier alpha value is -3.02. The molecule has 176 valence electrons. The van der Waals surface area contributed by atoms with E-state index in [0.717, 1.165) is 46.8 Å². The van der Waals surface area contributed by atoms with Gasteiger partial charge in [0.15, 0.2) is 0 Å². The molecule has 0 saturated heterocycles. The SMILES string of the molecule is COC(=O)c1cc2nc(Nc3ccc(OC(C)C)cc3)n([C@H]3CCCC(C)(C)C3)c2cc1C. The van der Waals surface area contributed by atoms with E-state index in [0.29, 0.717) is 11.6 Å². The molecular formula is C27H35N3O3. The van der Waals surface area contributed by atoms with Gasteiger partial charge in [0.25, 0.3) is 0 Å². The number of nitrogens with one attached hydrogen (secondary N) is 1. The van der Waals surface area contributed by atoms with E-state index in [1.54, 1.807) is 0 Å². The number of imidazole rings is 1. The van der Waals surface area contributed by atoms with Gasteiger partial charge in [0.2, 0.25) is 5.95 Å². The van der Waals surface area contributed by atoms with Crippen molar-refractivity contribution < 1.29 is 14.3 Å². The highest BCUT2D eigenvalue weighted by molar-refractivity contribution is 5.96. The number of aryl methyl sites for hydroxylation is 1. The average Bonchev–Trinajstić information content (AvgIpc) is 3.09. The minimum atomic E-state index is -0.335. The number of carbonyl (C=O) groups excluding carboxylic acids is 1. The van der Waals surface area contributed by atoms with Crippen LogP contribution >= 0.6 is 0 Å². The van der Waals surface area contributed by atoms with Crippen molar-refractivity contribution in [2.24, 2.45) is 5.41 Å². The van der Waals surface area contributed by atoms with Crippen LogP contribution in [0.4, 0.5) is 11.6 Å². The number of hydrogen-bond acceptors (Lipinski definition) is 5. The Morgan fingerprint density at radius 2 is 1.94 bits per heavy atom. The fourth-order valence-electron chi connectivity index (χ4n) is 4.93. The first-order valence-corrected chi connectivity index (χ1v) is 11.8. The van der Waals surface area contributed by atoms with E-state index in [1.807, 2.05) is 51.1 Å². The van der Waals surface area contributed by atoms with Crippen LogP contribution in [0, 0.1) is 12.3 Å². The molecule has 6 nitrogen and oxygen atoms in total. The molecule has 1 atom stereocenters. The quantitative estimate of drug-likeness (QED) is 0.419. The van der Waals surface area contributed by atoms with Crippen molar-refractivity contribution in [1.29, 1.82) is 0 Å². The summed E-state index contributed by atoms with van der Waals surface area (Å²) in [5.74, 6) is 1.31. The van der Waals surface area contributed by atoms with Crippen LogP contribution in [0.1, 0.15) is 75.3 Å². The van der Waals surface area contributed by atoms with Crippen LogP contribution in [0.5, 0.6) is 5.75 Å². The Labute approximate surface area is 196 Å². The maximum atomic E-state index is 12.3. The van der Waals surface area contributed by atoms with Gasteiger partial charge in [-0.2, -0.15) is 0 Å². The number of methoxy groups -OCH3 is 1. The van der Waals surface area contributed by atoms with Crippen molar-refractivity contribution in [2.45, 2.75) is 72.4 Å².